The van der Waals surface area contributed by atoms with Gasteiger partial charge in [-0.05, 0) is 30.3 Å². The van der Waals surface area contributed by atoms with Gasteiger partial charge >= 0.3 is 0 Å². The van der Waals surface area contributed by atoms with Gasteiger partial charge < -0.3 is 10.4 Å². The summed E-state index contributed by atoms with van der Waals surface area (Å²) in [6.45, 7) is 0. The second-order valence-corrected chi connectivity index (χ2v) is 5.69. The van der Waals surface area contributed by atoms with Crippen molar-refractivity contribution in [3.05, 3.63) is 112 Å². The van der Waals surface area contributed by atoms with Crippen LogP contribution in [0.4, 0.5) is 5.69 Å². The van der Waals surface area contributed by atoms with Crippen LogP contribution in [0.2, 0.25) is 0 Å². The molecule has 9 nitrogen and oxygen atoms in total. The molecule has 0 aliphatic heterocycles. The Hall–Kier alpha value is -4.40. The van der Waals surface area contributed by atoms with Gasteiger partial charge in [0.1, 0.15) is 11.4 Å². The highest BCUT2D eigenvalue weighted by Gasteiger charge is 2.16. The van der Waals surface area contributed by atoms with E-state index in [9.17, 15) is 20.5 Å². The fourth-order valence-electron chi connectivity index (χ4n) is 2.43. The summed E-state index contributed by atoms with van der Waals surface area (Å²) in [7, 11) is 0. The minimum atomic E-state index is -0.549. The van der Waals surface area contributed by atoms with Crippen molar-refractivity contribution in [2.24, 2.45) is 0 Å². The Morgan fingerprint density at radius 3 is 1.86 bits per heavy atom. The van der Waals surface area contributed by atoms with E-state index in [1.807, 2.05) is 24.3 Å². The molecule has 0 saturated carbocycles. The lowest BCUT2D eigenvalue weighted by molar-refractivity contribution is -0.594. The van der Waals surface area contributed by atoms with Gasteiger partial charge in [0, 0.05) is 24.5 Å². The third kappa shape index (κ3) is 4.86. The van der Waals surface area contributed by atoms with Crippen molar-refractivity contribution in [1.82, 2.24) is 9.97 Å². The molecule has 0 fully saturated rings. The number of hydrogen-bond donors (Lipinski definition) is 0. The summed E-state index contributed by atoms with van der Waals surface area (Å²) in [6, 6.07) is 18.1. The van der Waals surface area contributed by atoms with Crippen LogP contribution in [0.15, 0.2) is 91.5 Å². The molecule has 4 aromatic rings. The topological polar surface area (TPSA) is 123 Å². The second kappa shape index (κ2) is 9.00. The highest BCUT2D eigenvalue weighted by Crippen LogP contribution is 2.17. The van der Waals surface area contributed by atoms with Crippen LogP contribution < -0.4 is 9.46 Å². The molecule has 29 heavy (non-hydrogen) atoms. The Bertz CT molecular complexity index is 1110. The maximum absolute atomic E-state index is 11.4. The van der Waals surface area contributed by atoms with Gasteiger partial charge in [-0.25, -0.2) is 9.97 Å². The fourth-order valence-corrected chi connectivity index (χ4v) is 2.43. The Labute approximate surface area is 165 Å². The van der Waals surface area contributed by atoms with Crippen molar-refractivity contribution in [2.45, 2.75) is 0 Å². The summed E-state index contributed by atoms with van der Waals surface area (Å²) in [5, 5.41) is 33.3. The molecule has 0 bridgehead atoms. The third-order valence-corrected chi connectivity index (χ3v) is 3.79. The molecule has 0 amide bonds. The number of nitro groups is 1. The Morgan fingerprint density at radius 1 is 0.724 bits per heavy atom. The SMILES string of the molecule is O=[N+]([O-])c1cc[n+]([O-])c(-c2ccccn2)c1.[O-][n+]1ccccc1-c1ccccn1. The summed E-state index contributed by atoms with van der Waals surface area (Å²) < 4.78 is 1.36. The Balaban J connectivity index is 0.000000169. The number of rotatable bonds is 3. The van der Waals surface area contributed by atoms with Crippen molar-refractivity contribution in [2.75, 3.05) is 0 Å². The molecule has 0 radical (unpaired) electrons. The maximum Gasteiger partial charge on any atom is 0.282 e. The van der Waals surface area contributed by atoms with Crippen LogP contribution in [0, 0.1) is 20.5 Å². The average molecular weight is 389 g/mol. The molecule has 0 N–H and O–H groups in total. The van der Waals surface area contributed by atoms with Crippen LogP contribution in [0.25, 0.3) is 22.8 Å². The smallest absolute Gasteiger partial charge is 0.282 e. The molecule has 0 saturated heterocycles. The average Bonchev–Trinajstić information content (AvgIpc) is 2.76. The van der Waals surface area contributed by atoms with Crippen LogP contribution in [0.1, 0.15) is 0 Å². The minimum absolute atomic E-state index is 0.132. The van der Waals surface area contributed by atoms with Gasteiger partial charge in [0.15, 0.2) is 12.4 Å². The fraction of sp³-hybridized carbons (Fsp3) is 0. The van der Waals surface area contributed by atoms with Crippen LogP contribution >= 0.6 is 0 Å². The van der Waals surface area contributed by atoms with Gasteiger partial charge in [0.25, 0.3) is 5.69 Å². The summed E-state index contributed by atoms with van der Waals surface area (Å²) in [5.74, 6) is 0. The van der Waals surface area contributed by atoms with E-state index in [1.54, 1.807) is 36.5 Å². The first-order valence-corrected chi connectivity index (χ1v) is 8.45. The van der Waals surface area contributed by atoms with Gasteiger partial charge in [-0.1, -0.05) is 12.1 Å². The zero-order valence-electron chi connectivity index (χ0n) is 15.0. The van der Waals surface area contributed by atoms with E-state index in [1.165, 1.54) is 18.5 Å². The molecule has 4 aromatic heterocycles. The van der Waals surface area contributed by atoms with Gasteiger partial charge in [-0.15, -0.1) is 0 Å². The van der Waals surface area contributed by atoms with E-state index < -0.39 is 4.92 Å². The maximum atomic E-state index is 11.4. The Morgan fingerprint density at radius 2 is 1.31 bits per heavy atom. The molecular formula is C20H15N5O4. The predicted octanol–water partition coefficient (Wildman–Crippen LogP) is 2.67. The zero-order valence-corrected chi connectivity index (χ0v) is 15.0. The standard InChI is InChI=1S/C10H7N3O3.C10H8N2O/c14-12-6-4-8(13(15)16)7-10(12)9-3-1-2-5-11-9;13-12-8-4-2-6-10(12)9-5-1-3-7-11-9/h1-7H;1-8H. The van der Waals surface area contributed by atoms with E-state index in [0.29, 0.717) is 21.8 Å². The number of hydrogen-bond acceptors (Lipinski definition) is 6. The van der Waals surface area contributed by atoms with E-state index >= 15 is 0 Å². The van der Waals surface area contributed by atoms with Crippen LogP contribution in [0.5, 0.6) is 0 Å². The molecule has 0 aliphatic rings. The predicted molar refractivity (Wildman–Crippen MR) is 104 cm³/mol. The highest BCUT2D eigenvalue weighted by molar-refractivity contribution is 5.53. The highest BCUT2D eigenvalue weighted by atomic mass is 16.6. The molecule has 0 spiro atoms. The molecule has 0 unspecified atom stereocenters. The van der Waals surface area contributed by atoms with Gasteiger partial charge in [0.2, 0.25) is 11.4 Å². The van der Waals surface area contributed by atoms with E-state index in [-0.39, 0.29) is 11.4 Å². The second-order valence-electron chi connectivity index (χ2n) is 5.69. The molecule has 9 heteroatoms. The van der Waals surface area contributed by atoms with Crippen LogP contribution in [-0.4, -0.2) is 14.9 Å². The zero-order chi connectivity index (χ0) is 20.6. The number of pyridine rings is 4. The lowest BCUT2D eigenvalue weighted by Gasteiger charge is -2.02. The molecule has 144 valence electrons. The Kier molecular flexibility index (Phi) is 6.01. The molecule has 4 rings (SSSR count). The van der Waals surface area contributed by atoms with Crippen LogP contribution in [0.3, 0.4) is 0 Å². The normalized spacial score (nSPS) is 9.93. The van der Waals surface area contributed by atoms with Crippen molar-refractivity contribution < 1.29 is 14.4 Å². The van der Waals surface area contributed by atoms with Gasteiger partial charge in [-0.3, -0.25) is 10.1 Å². The molecule has 0 aromatic carbocycles. The van der Waals surface area contributed by atoms with Crippen LogP contribution in [-0.2, 0) is 0 Å². The van der Waals surface area contributed by atoms with Gasteiger partial charge in [0.05, 0.1) is 17.1 Å². The molecule has 4 heterocycles. The van der Waals surface area contributed by atoms with E-state index in [0.717, 1.165) is 17.0 Å². The van der Waals surface area contributed by atoms with Crippen molar-refractivity contribution in [3.8, 4) is 22.8 Å². The summed E-state index contributed by atoms with van der Waals surface area (Å²) in [5.41, 5.74) is 1.70. The largest absolute Gasteiger partial charge is 0.618 e. The summed E-state index contributed by atoms with van der Waals surface area (Å²) in [6.07, 6.45) is 5.75. The third-order valence-electron chi connectivity index (χ3n) is 3.79. The lowest BCUT2D eigenvalue weighted by Crippen LogP contribution is -2.28. The monoisotopic (exact) mass is 389 g/mol. The van der Waals surface area contributed by atoms with E-state index in [2.05, 4.69) is 9.97 Å². The first-order valence-electron chi connectivity index (χ1n) is 8.45. The molecular weight excluding hydrogens is 374 g/mol. The number of aromatic nitrogens is 4. The minimum Gasteiger partial charge on any atom is -0.618 e. The first kappa shape index (κ1) is 19.4. The summed E-state index contributed by atoms with van der Waals surface area (Å²) >= 11 is 0. The van der Waals surface area contributed by atoms with Crippen molar-refractivity contribution >= 4 is 5.69 Å². The van der Waals surface area contributed by atoms with E-state index in [4.69, 9.17) is 0 Å². The number of nitrogens with zero attached hydrogens (tertiary/aromatic N) is 5. The van der Waals surface area contributed by atoms with Gasteiger partial charge in [-0.2, -0.15) is 9.46 Å². The lowest BCUT2D eigenvalue weighted by atomic mass is 10.2. The molecule has 0 aliphatic carbocycles. The quantitative estimate of drug-likeness (QED) is 0.230. The summed E-state index contributed by atoms with van der Waals surface area (Å²) in [4.78, 5) is 18.1. The van der Waals surface area contributed by atoms with Crippen molar-refractivity contribution in [3.63, 3.8) is 0 Å². The first-order chi connectivity index (χ1) is 14.1. The molecule has 0 atom stereocenters. The van der Waals surface area contributed by atoms with Crippen molar-refractivity contribution in [1.29, 1.82) is 0 Å².